The summed E-state index contributed by atoms with van der Waals surface area (Å²) in [6.07, 6.45) is 7.40. The van der Waals surface area contributed by atoms with Crippen LogP contribution >= 0.6 is 0 Å². The fourth-order valence-corrected chi connectivity index (χ4v) is 3.28. The number of rotatable bonds is 5. The van der Waals surface area contributed by atoms with Crippen molar-refractivity contribution >= 4 is 0 Å². The van der Waals surface area contributed by atoms with E-state index < -0.39 is 0 Å². The van der Waals surface area contributed by atoms with Gasteiger partial charge in [0.15, 0.2) is 0 Å². The quantitative estimate of drug-likeness (QED) is 0.777. The molecule has 2 aliphatic carbocycles. The summed E-state index contributed by atoms with van der Waals surface area (Å²) in [5.74, 6) is 1.74. The van der Waals surface area contributed by atoms with E-state index in [0.717, 1.165) is 17.3 Å². The highest BCUT2D eigenvalue weighted by molar-refractivity contribution is 5.05. The number of nitrogens with one attached hydrogen (secondary N) is 1. The zero-order valence-corrected chi connectivity index (χ0v) is 11.1. The maximum Gasteiger partial charge on any atom is 0.0571 e. The molecule has 2 nitrogen and oxygen atoms in total. The van der Waals surface area contributed by atoms with Crippen LogP contribution in [0, 0.1) is 17.3 Å². The summed E-state index contributed by atoms with van der Waals surface area (Å²) in [5, 5.41) is 3.61. The van der Waals surface area contributed by atoms with Gasteiger partial charge >= 0.3 is 0 Å². The lowest BCUT2D eigenvalue weighted by atomic mass is 9.83. The molecule has 0 aromatic rings. The van der Waals surface area contributed by atoms with Crippen molar-refractivity contribution in [3.05, 3.63) is 0 Å². The third-order valence-corrected chi connectivity index (χ3v) is 4.56. The molecule has 0 aromatic heterocycles. The van der Waals surface area contributed by atoms with Gasteiger partial charge in [-0.25, -0.2) is 0 Å². The molecule has 1 unspecified atom stereocenters. The fraction of sp³-hybridized carbons (Fsp3) is 1.00. The largest absolute Gasteiger partial charge is 0.381 e. The van der Waals surface area contributed by atoms with E-state index in [1.54, 1.807) is 0 Å². The minimum Gasteiger partial charge on any atom is -0.381 e. The molecule has 16 heavy (non-hydrogen) atoms. The van der Waals surface area contributed by atoms with Crippen LogP contribution < -0.4 is 5.32 Å². The summed E-state index contributed by atoms with van der Waals surface area (Å²) in [7, 11) is 1.86. The Labute approximate surface area is 100 Å². The molecule has 1 atom stereocenters. The zero-order chi connectivity index (χ0) is 11.6. The second-order valence-corrected chi connectivity index (χ2v) is 6.25. The van der Waals surface area contributed by atoms with E-state index >= 15 is 0 Å². The Bertz CT molecular complexity index is 219. The van der Waals surface area contributed by atoms with E-state index in [0.29, 0.717) is 6.10 Å². The van der Waals surface area contributed by atoms with Crippen molar-refractivity contribution in [3.8, 4) is 0 Å². The molecule has 0 aliphatic heterocycles. The smallest absolute Gasteiger partial charge is 0.0571 e. The van der Waals surface area contributed by atoms with Gasteiger partial charge in [-0.1, -0.05) is 13.8 Å². The van der Waals surface area contributed by atoms with Gasteiger partial charge in [0.25, 0.3) is 0 Å². The SMILES string of the molecule is COC1CCC2(CC1)CC2CNCC(C)C. The number of methoxy groups -OCH3 is 1. The molecule has 2 rings (SSSR count). The third kappa shape index (κ3) is 2.78. The molecule has 94 valence electrons. The topological polar surface area (TPSA) is 21.3 Å². The van der Waals surface area contributed by atoms with E-state index in [-0.39, 0.29) is 0 Å². The van der Waals surface area contributed by atoms with Crippen LogP contribution in [0.2, 0.25) is 0 Å². The number of ether oxygens (including phenoxy) is 1. The van der Waals surface area contributed by atoms with E-state index in [9.17, 15) is 0 Å². The highest BCUT2D eigenvalue weighted by atomic mass is 16.5. The molecular formula is C14H27NO. The predicted molar refractivity (Wildman–Crippen MR) is 67.5 cm³/mol. The molecule has 2 saturated carbocycles. The van der Waals surface area contributed by atoms with Gasteiger partial charge in [-0.15, -0.1) is 0 Å². The highest BCUT2D eigenvalue weighted by Crippen LogP contribution is 2.61. The average Bonchev–Trinajstić information content (AvgIpc) is 2.92. The summed E-state index contributed by atoms with van der Waals surface area (Å²) in [4.78, 5) is 0. The van der Waals surface area contributed by atoms with Crippen molar-refractivity contribution in [1.29, 1.82) is 0 Å². The molecule has 0 amide bonds. The first kappa shape index (κ1) is 12.4. The molecule has 1 spiro atoms. The van der Waals surface area contributed by atoms with Crippen molar-refractivity contribution in [2.24, 2.45) is 17.3 Å². The van der Waals surface area contributed by atoms with Crippen LogP contribution in [0.3, 0.4) is 0 Å². The van der Waals surface area contributed by atoms with Crippen LogP contribution in [0.1, 0.15) is 46.0 Å². The Morgan fingerprint density at radius 1 is 1.31 bits per heavy atom. The molecule has 2 fully saturated rings. The lowest BCUT2D eigenvalue weighted by Gasteiger charge is -2.28. The lowest BCUT2D eigenvalue weighted by Crippen LogP contribution is -2.27. The van der Waals surface area contributed by atoms with Gasteiger partial charge in [0, 0.05) is 7.11 Å². The Morgan fingerprint density at radius 2 is 2.00 bits per heavy atom. The Hall–Kier alpha value is -0.0800. The minimum absolute atomic E-state index is 0.551. The summed E-state index contributed by atoms with van der Waals surface area (Å²) >= 11 is 0. The van der Waals surface area contributed by atoms with E-state index in [1.807, 2.05) is 7.11 Å². The molecule has 0 saturated heterocycles. The maximum absolute atomic E-state index is 5.44. The molecule has 0 heterocycles. The fourth-order valence-electron chi connectivity index (χ4n) is 3.28. The third-order valence-electron chi connectivity index (χ3n) is 4.56. The van der Waals surface area contributed by atoms with Crippen LogP contribution in [0.25, 0.3) is 0 Å². The normalized spacial score (nSPS) is 38.2. The van der Waals surface area contributed by atoms with Gasteiger partial charge in [0.2, 0.25) is 0 Å². The van der Waals surface area contributed by atoms with Gasteiger partial charge < -0.3 is 10.1 Å². The minimum atomic E-state index is 0.551. The van der Waals surface area contributed by atoms with Crippen molar-refractivity contribution in [3.63, 3.8) is 0 Å². The first-order valence-corrected chi connectivity index (χ1v) is 6.90. The Balaban J connectivity index is 1.66. The first-order valence-electron chi connectivity index (χ1n) is 6.90. The molecule has 0 bridgehead atoms. The zero-order valence-electron chi connectivity index (χ0n) is 11.1. The average molecular weight is 225 g/mol. The summed E-state index contributed by atoms with van der Waals surface area (Å²) in [6, 6.07) is 0. The molecule has 2 heteroatoms. The van der Waals surface area contributed by atoms with Crippen LogP contribution in [0.15, 0.2) is 0 Å². The van der Waals surface area contributed by atoms with Crippen molar-refractivity contribution in [2.75, 3.05) is 20.2 Å². The molecular weight excluding hydrogens is 198 g/mol. The van der Waals surface area contributed by atoms with Crippen LogP contribution in [-0.2, 0) is 4.74 Å². The van der Waals surface area contributed by atoms with Crippen LogP contribution in [0.4, 0.5) is 0 Å². The van der Waals surface area contributed by atoms with Crippen LogP contribution in [0.5, 0.6) is 0 Å². The van der Waals surface area contributed by atoms with Crippen molar-refractivity contribution in [1.82, 2.24) is 5.32 Å². The van der Waals surface area contributed by atoms with E-state index in [1.165, 1.54) is 45.2 Å². The number of hydrogen-bond acceptors (Lipinski definition) is 2. The Kier molecular flexibility index (Phi) is 3.91. The lowest BCUT2D eigenvalue weighted by molar-refractivity contribution is 0.0492. The van der Waals surface area contributed by atoms with E-state index in [4.69, 9.17) is 4.74 Å². The highest BCUT2D eigenvalue weighted by Gasteiger charge is 2.54. The maximum atomic E-state index is 5.44. The number of hydrogen-bond donors (Lipinski definition) is 1. The molecule has 2 aliphatic rings. The van der Waals surface area contributed by atoms with Crippen molar-refractivity contribution in [2.45, 2.75) is 52.1 Å². The van der Waals surface area contributed by atoms with Gasteiger partial charge in [-0.2, -0.15) is 0 Å². The Morgan fingerprint density at radius 3 is 2.56 bits per heavy atom. The summed E-state index contributed by atoms with van der Waals surface area (Å²) in [6.45, 7) is 6.97. The summed E-state index contributed by atoms with van der Waals surface area (Å²) < 4.78 is 5.44. The van der Waals surface area contributed by atoms with Gasteiger partial charge in [-0.05, 0) is 62.4 Å². The van der Waals surface area contributed by atoms with Gasteiger partial charge in [0.1, 0.15) is 0 Å². The second-order valence-electron chi connectivity index (χ2n) is 6.25. The van der Waals surface area contributed by atoms with E-state index in [2.05, 4.69) is 19.2 Å². The van der Waals surface area contributed by atoms with Crippen molar-refractivity contribution < 1.29 is 4.74 Å². The molecule has 0 aromatic carbocycles. The first-order chi connectivity index (χ1) is 7.66. The van der Waals surface area contributed by atoms with Crippen LogP contribution in [-0.4, -0.2) is 26.3 Å². The molecule has 1 N–H and O–H groups in total. The monoisotopic (exact) mass is 225 g/mol. The molecule has 0 radical (unpaired) electrons. The summed E-state index contributed by atoms with van der Waals surface area (Å²) in [5.41, 5.74) is 0.721. The standard InChI is InChI=1S/C14H27NO/c1-11(2)9-15-10-12-8-14(12)6-4-13(16-3)5-7-14/h11-13,15H,4-10H2,1-3H3. The second kappa shape index (κ2) is 5.05. The van der Waals surface area contributed by atoms with Gasteiger partial charge in [-0.3, -0.25) is 0 Å². The predicted octanol–water partition coefficient (Wildman–Crippen LogP) is 2.83. The van der Waals surface area contributed by atoms with Gasteiger partial charge in [0.05, 0.1) is 6.10 Å².